The Balaban J connectivity index is 1.54. The maximum Gasteiger partial charge on any atom is 0.255 e. The number of hydrogen-bond acceptors (Lipinski definition) is 5. The highest BCUT2D eigenvalue weighted by Gasteiger charge is 2.15. The van der Waals surface area contributed by atoms with Gasteiger partial charge in [-0.2, -0.15) is 0 Å². The molecule has 0 aliphatic heterocycles. The van der Waals surface area contributed by atoms with Gasteiger partial charge in [-0.25, -0.2) is 18.5 Å². The van der Waals surface area contributed by atoms with E-state index in [1.165, 1.54) is 6.07 Å². The summed E-state index contributed by atoms with van der Waals surface area (Å²) in [4.78, 5) is 17.9. The van der Waals surface area contributed by atoms with E-state index in [1.807, 2.05) is 34.3 Å². The number of carbonyl (C=O) groups excluding carboxylic acids is 1. The van der Waals surface area contributed by atoms with Crippen LogP contribution in [-0.2, 0) is 10.0 Å². The van der Waals surface area contributed by atoms with Crippen LogP contribution in [0.2, 0.25) is 0 Å². The Hall–Kier alpha value is -3.01. The molecule has 0 atom stereocenters. The second-order valence-corrected chi connectivity index (χ2v) is 8.68. The van der Waals surface area contributed by atoms with Crippen molar-refractivity contribution in [3.8, 4) is 11.3 Å². The minimum atomic E-state index is -3.89. The summed E-state index contributed by atoms with van der Waals surface area (Å²) in [5.41, 5.74) is 3.07. The Labute approximate surface area is 165 Å². The number of nitrogens with zero attached hydrogens (tertiary/aromatic N) is 2. The van der Waals surface area contributed by atoms with E-state index < -0.39 is 15.9 Å². The number of aryl methyl sites for hydroxylation is 1. The van der Waals surface area contributed by atoms with Crippen LogP contribution >= 0.6 is 11.3 Å². The number of aromatic nitrogens is 2. The van der Waals surface area contributed by atoms with Gasteiger partial charge < -0.3 is 5.32 Å². The van der Waals surface area contributed by atoms with E-state index in [4.69, 9.17) is 5.14 Å². The molecule has 0 unspecified atom stereocenters. The van der Waals surface area contributed by atoms with Crippen molar-refractivity contribution in [2.24, 2.45) is 5.14 Å². The lowest BCUT2D eigenvalue weighted by molar-refractivity contribution is 0.102. The van der Waals surface area contributed by atoms with Crippen molar-refractivity contribution in [1.29, 1.82) is 0 Å². The molecule has 0 aliphatic rings. The molecule has 2 aromatic heterocycles. The first kappa shape index (κ1) is 18.4. The standard InChI is InChI=1S/C19H16N4O3S2/c1-12-2-3-14(10-17(12)28(20,25)26)18(24)21-15-6-4-13(5-7-15)16-11-23-8-9-27-19(23)22-16/h2-11H,1H3,(H,21,24)(H2,20,25,26). The van der Waals surface area contributed by atoms with Crippen LogP contribution in [0.5, 0.6) is 0 Å². The molecule has 4 aromatic rings. The number of primary sulfonamides is 1. The predicted octanol–water partition coefficient (Wildman–Crippen LogP) is 3.27. The summed E-state index contributed by atoms with van der Waals surface area (Å²) in [7, 11) is -3.89. The molecule has 0 aliphatic carbocycles. The van der Waals surface area contributed by atoms with Gasteiger partial charge in [0.1, 0.15) is 0 Å². The van der Waals surface area contributed by atoms with E-state index in [0.717, 1.165) is 16.2 Å². The van der Waals surface area contributed by atoms with Crippen LogP contribution in [0.3, 0.4) is 0 Å². The van der Waals surface area contributed by atoms with Crippen molar-refractivity contribution >= 4 is 37.9 Å². The molecule has 28 heavy (non-hydrogen) atoms. The predicted molar refractivity (Wildman–Crippen MR) is 109 cm³/mol. The Morgan fingerprint density at radius 3 is 2.61 bits per heavy atom. The number of nitrogens with one attached hydrogen (secondary N) is 1. The Morgan fingerprint density at radius 1 is 1.18 bits per heavy atom. The molecular weight excluding hydrogens is 396 g/mol. The number of benzene rings is 2. The van der Waals surface area contributed by atoms with Crippen LogP contribution in [0.1, 0.15) is 15.9 Å². The number of fused-ring (bicyclic) bond motifs is 1. The Kier molecular flexibility index (Phi) is 4.50. The highest BCUT2D eigenvalue weighted by Crippen LogP contribution is 2.23. The molecule has 2 aromatic carbocycles. The second-order valence-electron chi connectivity index (χ2n) is 6.28. The van der Waals surface area contributed by atoms with Crippen molar-refractivity contribution < 1.29 is 13.2 Å². The summed E-state index contributed by atoms with van der Waals surface area (Å²) < 4.78 is 25.2. The van der Waals surface area contributed by atoms with Gasteiger partial charge in [0.05, 0.1) is 10.6 Å². The van der Waals surface area contributed by atoms with Crippen LogP contribution in [0.15, 0.2) is 65.1 Å². The summed E-state index contributed by atoms with van der Waals surface area (Å²) in [6.07, 6.45) is 3.89. The van der Waals surface area contributed by atoms with Gasteiger partial charge in [0, 0.05) is 34.6 Å². The maximum absolute atomic E-state index is 12.5. The number of carbonyl (C=O) groups is 1. The molecule has 0 radical (unpaired) electrons. The summed E-state index contributed by atoms with van der Waals surface area (Å²) in [6.45, 7) is 1.63. The number of thiazole rings is 1. The van der Waals surface area contributed by atoms with E-state index >= 15 is 0 Å². The lowest BCUT2D eigenvalue weighted by Crippen LogP contribution is -2.17. The van der Waals surface area contributed by atoms with Gasteiger partial charge in [-0.3, -0.25) is 9.20 Å². The monoisotopic (exact) mass is 412 g/mol. The van der Waals surface area contributed by atoms with Gasteiger partial charge in [-0.1, -0.05) is 18.2 Å². The van der Waals surface area contributed by atoms with Gasteiger partial charge in [-0.15, -0.1) is 11.3 Å². The topological polar surface area (TPSA) is 107 Å². The molecule has 1 amide bonds. The zero-order chi connectivity index (χ0) is 19.9. The molecule has 7 nitrogen and oxygen atoms in total. The minimum Gasteiger partial charge on any atom is -0.322 e. The SMILES string of the molecule is Cc1ccc(C(=O)Nc2ccc(-c3cn4ccsc4n3)cc2)cc1S(N)(=O)=O. The van der Waals surface area contributed by atoms with Crippen molar-refractivity contribution in [2.75, 3.05) is 5.32 Å². The molecule has 0 saturated carbocycles. The fraction of sp³-hybridized carbons (Fsp3) is 0.0526. The Morgan fingerprint density at radius 2 is 1.93 bits per heavy atom. The largest absolute Gasteiger partial charge is 0.322 e. The van der Waals surface area contributed by atoms with Gasteiger partial charge >= 0.3 is 0 Å². The number of imidazole rings is 1. The fourth-order valence-corrected chi connectivity index (χ4v) is 4.35. The molecule has 0 fully saturated rings. The van der Waals surface area contributed by atoms with E-state index in [9.17, 15) is 13.2 Å². The summed E-state index contributed by atoms with van der Waals surface area (Å²) >= 11 is 1.56. The fourth-order valence-electron chi connectivity index (χ4n) is 2.84. The summed E-state index contributed by atoms with van der Waals surface area (Å²) in [5, 5.41) is 9.93. The molecule has 9 heteroatoms. The second kappa shape index (κ2) is 6.86. The molecule has 2 heterocycles. The average molecular weight is 412 g/mol. The van der Waals surface area contributed by atoms with Crippen LogP contribution in [-0.4, -0.2) is 23.7 Å². The molecular formula is C19H16N4O3S2. The van der Waals surface area contributed by atoms with E-state index in [2.05, 4.69) is 10.3 Å². The molecule has 0 saturated heterocycles. The number of hydrogen-bond donors (Lipinski definition) is 2. The Bertz CT molecular complexity index is 1260. The quantitative estimate of drug-likeness (QED) is 0.536. The molecule has 0 spiro atoms. The van der Waals surface area contributed by atoms with Gasteiger partial charge in [0.2, 0.25) is 10.0 Å². The smallest absolute Gasteiger partial charge is 0.255 e. The van der Waals surface area contributed by atoms with E-state index in [1.54, 1.807) is 42.5 Å². The van der Waals surface area contributed by atoms with Gasteiger partial charge in [0.15, 0.2) is 4.96 Å². The number of sulfonamides is 1. The lowest BCUT2D eigenvalue weighted by Gasteiger charge is -2.09. The van der Waals surface area contributed by atoms with Crippen LogP contribution in [0.4, 0.5) is 5.69 Å². The zero-order valence-corrected chi connectivity index (χ0v) is 16.4. The highest BCUT2D eigenvalue weighted by atomic mass is 32.2. The minimum absolute atomic E-state index is 0.0600. The first-order valence-electron chi connectivity index (χ1n) is 8.29. The first-order valence-corrected chi connectivity index (χ1v) is 10.7. The van der Waals surface area contributed by atoms with Crippen molar-refractivity contribution in [3.63, 3.8) is 0 Å². The third kappa shape index (κ3) is 3.55. The average Bonchev–Trinajstić information content (AvgIpc) is 3.23. The van der Waals surface area contributed by atoms with Gasteiger partial charge in [0.25, 0.3) is 5.91 Å². The number of rotatable bonds is 4. The normalized spacial score (nSPS) is 11.6. The highest BCUT2D eigenvalue weighted by molar-refractivity contribution is 7.89. The van der Waals surface area contributed by atoms with Gasteiger partial charge in [-0.05, 0) is 36.8 Å². The molecule has 0 bridgehead atoms. The number of anilines is 1. The van der Waals surface area contributed by atoms with Crippen LogP contribution < -0.4 is 10.5 Å². The lowest BCUT2D eigenvalue weighted by atomic mass is 10.1. The molecule has 3 N–H and O–H groups in total. The first-order chi connectivity index (χ1) is 13.3. The number of nitrogens with two attached hydrogens (primary N) is 1. The maximum atomic E-state index is 12.5. The van der Waals surface area contributed by atoms with E-state index in [-0.39, 0.29) is 10.5 Å². The summed E-state index contributed by atoms with van der Waals surface area (Å²) in [5.74, 6) is -0.417. The molecule has 4 rings (SSSR count). The van der Waals surface area contributed by atoms with Crippen molar-refractivity contribution in [2.45, 2.75) is 11.8 Å². The zero-order valence-electron chi connectivity index (χ0n) is 14.8. The summed E-state index contributed by atoms with van der Waals surface area (Å²) in [6, 6.07) is 11.7. The third-order valence-corrected chi connectivity index (χ3v) is 6.11. The number of amides is 1. The molecule has 142 valence electrons. The van der Waals surface area contributed by atoms with E-state index in [0.29, 0.717) is 11.3 Å². The van der Waals surface area contributed by atoms with Crippen LogP contribution in [0.25, 0.3) is 16.2 Å². The van der Waals surface area contributed by atoms with Crippen molar-refractivity contribution in [3.05, 3.63) is 71.4 Å². The third-order valence-electron chi connectivity index (χ3n) is 4.29. The van der Waals surface area contributed by atoms with Crippen molar-refractivity contribution in [1.82, 2.24) is 9.38 Å². The van der Waals surface area contributed by atoms with Crippen LogP contribution in [0, 0.1) is 6.92 Å².